The molecule has 3 aromatic rings. The summed E-state index contributed by atoms with van der Waals surface area (Å²) in [6.45, 7) is 1.74. The molecule has 0 atom stereocenters. The van der Waals surface area contributed by atoms with Crippen molar-refractivity contribution in [3.05, 3.63) is 62.7 Å². The average molecular weight is 396 g/mol. The molecule has 0 saturated heterocycles. The van der Waals surface area contributed by atoms with Gasteiger partial charge in [-0.1, -0.05) is 17.7 Å². The zero-order valence-corrected chi connectivity index (χ0v) is 15.7. The van der Waals surface area contributed by atoms with E-state index in [4.69, 9.17) is 11.6 Å². The number of hydrogen-bond donors (Lipinski definition) is 1. The van der Waals surface area contributed by atoms with E-state index in [1.807, 2.05) is 0 Å². The fourth-order valence-electron chi connectivity index (χ4n) is 2.16. The minimum Gasteiger partial charge on any atom is -0.279 e. The van der Waals surface area contributed by atoms with E-state index in [0.717, 1.165) is 11.3 Å². The van der Waals surface area contributed by atoms with Crippen LogP contribution in [-0.2, 0) is 17.1 Å². The van der Waals surface area contributed by atoms with Crippen molar-refractivity contribution < 1.29 is 8.42 Å². The van der Waals surface area contributed by atoms with E-state index in [1.165, 1.54) is 16.8 Å². The first kappa shape index (κ1) is 17.7. The number of nitrogens with zero attached hydrogens (tertiary/aromatic N) is 2. The van der Waals surface area contributed by atoms with Crippen LogP contribution in [0.3, 0.4) is 0 Å². The zero-order valence-electron chi connectivity index (χ0n) is 13.4. The van der Waals surface area contributed by atoms with Gasteiger partial charge in [-0.05, 0) is 36.8 Å². The lowest BCUT2D eigenvalue weighted by molar-refractivity contribution is 0.603. The van der Waals surface area contributed by atoms with E-state index in [9.17, 15) is 13.2 Å². The Kier molecular flexibility index (Phi) is 4.68. The first-order chi connectivity index (χ1) is 11.8. The normalized spacial score (nSPS) is 11.5. The summed E-state index contributed by atoms with van der Waals surface area (Å²) >= 11 is 7.11. The molecule has 9 heteroatoms. The van der Waals surface area contributed by atoms with Crippen LogP contribution in [0.15, 0.2) is 50.8 Å². The van der Waals surface area contributed by atoms with E-state index in [-0.39, 0.29) is 9.77 Å². The van der Waals surface area contributed by atoms with Gasteiger partial charge in [0.15, 0.2) is 0 Å². The highest BCUT2D eigenvalue weighted by Crippen LogP contribution is 2.30. The minimum absolute atomic E-state index is 0.150. The summed E-state index contributed by atoms with van der Waals surface area (Å²) in [4.78, 5) is 11.4. The summed E-state index contributed by atoms with van der Waals surface area (Å²) in [5.41, 5.74) is 2.01. The van der Waals surface area contributed by atoms with Gasteiger partial charge in [0.2, 0.25) is 0 Å². The first-order valence-electron chi connectivity index (χ1n) is 7.19. The lowest BCUT2D eigenvalue weighted by Gasteiger charge is -2.10. The van der Waals surface area contributed by atoms with Gasteiger partial charge in [0.1, 0.15) is 4.21 Å². The number of benzene rings is 1. The Labute approximate surface area is 153 Å². The Morgan fingerprint density at radius 3 is 2.72 bits per heavy atom. The number of sulfonamides is 1. The summed E-state index contributed by atoms with van der Waals surface area (Å²) in [7, 11) is -2.20. The molecule has 0 aliphatic heterocycles. The Hall–Kier alpha value is -2.16. The van der Waals surface area contributed by atoms with Gasteiger partial charge in [0.25, 0.3) is 15.6 Å². The van der Waals surface area contributed by atoms with Crippen molar-refractivity contribution in [2.75, 3.05) is 4.72 Å². The molecule has 0 bridgehead atoms. The Bertz CT molecular complexity index is 1100. The third kappa shape index (κ3) is 3.60. The molecule has 0 aliphatic carbocycles. The predicted octanol–water partition coefficient (Wildman–Crippen LogP) is 3.27. The second-order valence-corrected chi connectivity index (χ2v) is 8.58. The van der Waals surface area contributed by atoms with Crippen molar-refractivity contribution >= 4 is 38.6 Å². The third-order valence-corrected chi connectivity index (χ3v) is 6.82. The van der Waals surface area contributed by atoms with Gasteiger partial charge in [-0.2, -0.15) is 5.10 Å². The largest absolute Gasteiger partial charge is 0.279 e. The smallest absolute Gasteiger partial charge is 0.271 e. The summed E-state index contributed by atoms with van der Waals surface area (Å²) in [5.74, 6) is 0. The van der Waals surface area contributed by atoms with Crippen LogP contribution in [-0.4, -0.2) is 18.2 Å². The topological polar surface area (TPSA) is 81.1 Å². The van der Waals surface area contributed by atoms with E-state index in [1.54, 1.807) is 43.6 Å². The van der Waals surface area contributed by atoms with E-state index >= 15 is 0 Å². The number of aromatic nitrogens is 2. The molecule has 0 radical (unpaired) electrons. The molecule has 0 spiro atoms. The highest BCUT2D eigenvalue weighted by molar-refractivity contribution is 7.94. The van der Waals surface area contributed by atoms with Crippen molar-refractivity contribution in [1.29, 1.82) is 0 Å². The van der Waals surface area contributed by atoms with Crippen LogP contribution in [0.4, 0.5) is 5.69 Å². The van der Waals surface area contributed by atoms with Crippen LogP contribution in [0.5, 0.6) is 0 Å². The second-order valence-electron chi connectivity index (χ2n) is 5.35. The fourth-order valence-corrected chi connectivity index (χ4v) is 4.63. The van der Waals surface area contributed by atoms with Crippen LogP contribution in [0, 0.1) is 6.92 Å². The number of anilines is 1. The average Bonchev–Trinajstić information content (AvgIpc) is 3.05. The maximum absolute atomic E-state index is 12.6. The zero-order chi connectivity index (χ0) is 18.2. The van der Waals surface area contributed by atoms with Gasteiger partial charge in [-0.3, -0.25) is 9.52 Å². The third-order valence-electron chi connectivity index (χ3n) is 3.61. The maximum Gasteiger partial charge on any atom is 0.271 e. The molecular weight excluding hydrogens is 382 g/mol. The molecule has 3 rings (SSSR count). The Morgan fingerprint density at radius 2 is 2.00 bits per heavy atom. The number of hydrogen-bond acceptors (Lipinski definition) is 5. The highest BCUT2D eigenvalue weighted by Gasteiger charge is 2.19. The second kappa shape index (κ2) is 6.62. The Morgan fingerprint density at radius 1 is 1.24 bits per heavy atom. The lowest BCUT2D eigenvalue weighted by Crippen LogP contribution is -2.18. The fraction of sp³-hybridized carbons (Fsp3) is 0.125. The molecule has 0 fully saturated rings. The van der Waals surface area contributed by atoms with Crippen molar-refractivity contribution in [3.63, 3.8) is 0 Å². The Balaban J connectivity index is 1.94. The molecule has 2 aromatic heterocycles. The first-order valence-corrected chi connectivity index (χ1v) is 9.93. The van der Waals surface area contributed by atoms with Gasteiger partial charge in [-0.25, -0.2) is 13.1 Å². The van der Waals surface area contributed by atoms with Crippen molar-refractivity contribution in [2.45, 2.75) is 11.1 Å². The number of thiophene rings is 1. The van der Waals surface area contributed by atoms with Gasteiger partial charge in [0.05, 0.1) is 11.4 Å². The quantitative estimate of drug-likeness (QED) is 0.735. The van der Waals surface area contributed by atoms with Crippen LogP contribution in [0.1, 0.15) is 5.56 Å². The SMILES string of the molecule is Cc1c(Cl)cccc1NS(=O)(=O)c1cc(-c2ccc(=O)n(C)n2)cs1. The van der Waals surface area contributed by atoms with Crippen LogP contribution in [0.25, 0.3) is 11.3 Å². The monoisotopic (exact) mass is 395 g/mol. The molecule has 2 heterocycles. The van der Waals surface area contributed by atoms with E-state index in [2.05, 4.69) is 9.82 Å². The van der Waals surface area contributed by atoms with Crippen molar-refractivity contribution in [3.8, 4) is 11.3 Å². The molecule has 1 aromatic carbocycles. The van der Waals surface area contributed by atoms with Gasteiger partial charge < -0.3 is 0 Å². The molecule has 25 heavy (non-hydrogen) atoms. The molecule has 0 amide bonds. The van der Waals surface area contributed by atoms with Crippen LogP contribution < -0.4 is 10.3 Å². The number of nitrogens with one attached hydrogen (secondary N) is 1. The molecule has 6 nitrogen and oxygen atoms in total. The standard InChI is InChI=1S/C16H14ClN3O3S2/c1-10-12(17)4-3-5-13(10)19-25(22,23)16-8-11(9-24-16)14-6-7-15(21)20(2)18-14/h3-9,19H,1-2H3. The van der Waals surface area contributed by atoms with Gasteiger partial charge in [-0.15, -0.1) is 11.3 Å². The summed E-state index contributed by atoms with van der Waals surface area (Å²) in [6, 6.07) is 9.52. The summed E-state index contributed by atoms with van der Waals surface area (Å²) in [6.07, 6.45) is 0. The number of rotatable bonds is 4. The molecule has 0 unspecified atom stereocenters. The lowest BCUT2D eigenvalue weighted by atomic mass is 10.2. The summed E-state index contributed by atoms with van der Waals surface area (Å²) in [5, 5.41) is 6.30. The van der Waals surface area contributed by atoms with Crippen LogP contribution >= 0.6 is 22.9 Å². The van der Waals surface area contributed by atoms with Gasteiger partial charge in [0, 0.05) is 29.1 Å². The molecule has 0 saturated carbocycles. The van der Waals surface area contributed by atoms with Crippen molar-refractivity contribution in [2.24, 2.45) is 7.05 Å². The predicted molar refractivity (Wildman–Crippen MR) is 99.8 cm³/mol. The molecular formula is C16H14ClN3O3S2. The van der Waals surface area contributed by atoms with Crippen LogP contribution in [0.2, 0.25) is 5.02 Å². The molecule has 130 valence electrons. The highest BCUT2D eigenvalue weighted by atomic mass is 35.5. The summed E-state index contributed by atoms with van der Waals surface area (Å²) < 4.78 is 29.1. The number of aryl methyl sites for hydroxylation is 1. The van der Waals surface area contributed by atoms with E-state index < -0.39 is 10.0 Å². The molecule has 0 aliphatic rings. The van der Waals surface area contributed by atoms with Crippen molar-refractivity contribution in [1.82, 2.24) is 9.78 Å². The maximum atomic E-state index is 12.6. The molecule has 1 N–H and O–H groups in total. The van der Waals surface area contributed by atoms with Gasteiger partial charge >= 0.3 is 0 Å². The minimum atomic E-state index is -3.74. The van der Waals surface area contributed by atoms with E-state index in [0.29, 0.717) is 27.5 Å². The number of halogens is 1.